The summed E-state index contributed by atoms with van der Waals surface area (Å²) in [6, 6.07) is 1.77. The van der Waals surface area contributed by atoms with Gasteiger partial charge in [0.2, 0.25) is 0 Å². The molecule has 0 spiro atoms. The quantitative estimate of drug-likeness (QED) is 0.653. The Morgan fingerprint density at radius 1 is 1.69 bits per heavy atom. The van der Waals surface area contributed by atoms with E-state index in [9.17, 15) is 9.90 Å². The molecule has 0 saturated heterocycles. The summed E-state index contributed by atoms with van der Waals surface area (Å²) in [4.78, 5) is 11.1. The van der Waals surface area contributed by atoms with Crippen LogP contribution in [-0.4, -0.2) is 42.5 Å². The van der Waals surface area contributed by atoms with Crippen molar-refractivity contribution in [2.45, 2.75) is 12.6 Å². The van der Waals surface area contributed by atoms with Crippen LogP contribution in [0, 0.1) is 0 Å². The summed E-state index contributed by atoms with van der Waals surface area (Å²) in [5, 5.41) is 22.9. The maximum Gasteiger partial charge on any atom is 0.346 e. The number of ether oxygens (including phenoxy) is 1. The first kappa shape index (κ1) is 13.1. The van der Waals surface area contributed by atoms with E-state index in [2.05, 4.69) is 5.32 Å². The van der Waals surface area contributed by atoms with E-state index in [0.717, 1.165) is 5.56 Å². The van der Waals surface area contributed by atoms with Gasteiger partial charge in [0.05, 0.1) is 12.7 Å². The van der Waals surface area contributed by atoms with E-state index in [1.807, 2.05) is 0 Å². The number of aliphatic hydroxyl groups excluding tert-OH is 1. The van der Waals surface area contributed by atoms with Crippen molar-refractivity contribution < 1.29 is 19.7 Å². The summed E-state index contributed by atoms with van der Waals surface area (Å²) in [5.74, 6) is -0.913. The molecule has 1 unspecified atom stereocenters. The Morgan fingerprint density at radius 3 is 3.06 bits per heavy atom. The topological polar surface area (TPSA) is 78.8 Å². The standard InChI is InChI=1S/C10H15NO4S/c1-15-6-8(12)5-11-4-7-2-3-16-9(7)10(13)14/h2-3,8,11-12H,4-6H2,1H3,(H,13,14). The van der Waals surface area contributed by atoms with E-state index in [-0.39, 0.29) is 6.61 Å². The highest BCUT2D eigenvalue weighted by atomic mass is 32.1. The van der Waals surface area contributed by atoms with Gasteiger partial charge in [0.15, 0.2) is 0 Å². The van der Waals surface area contributed by atoms with Crippen LogP contribution in [0.5, 0.6) is 0 Å². The fraction of sp³-hybridized carbons (Fsp3) is 0.500. The average molecular weight is 245 g/mol. The van der Waals surface area contributed by atoms with E-state index in [1.165, 1.54) is 18.4 Å². The van der Waals surface area contributed by atoms with Gasteiger partial charge in [0.1, 0.15) is 4.88 Å². The van der Waals surface area contributed by atoms with Crippen molar-refractivity contribution >= 4 is 17.3 Å². The third-order valence-electron chi connectivity index (χ3n) is 2.00. The average Bonchev–Trinajstić information content (AvgIpc) is 2.66. The Morgan fingerprint density at radius 2 is 2.44 bits per heavy atom. The van der Waals surface area contributed by atoms with Crippen LogP contribution in [0.3, 0.4) is 0 Å². The molecule has 1 atom stereocenters. The largest absolute Gasteiger partial charge is 0.477 e. The summed E-state index contributed by atoms with van der Waals surface area (Å²) in [6.07, 6.45) is -0.572. The Bertz CT molecular complexity index is 339. The first-order valence-corrected chi connectivity index (χ1v) is 5.70. The molecule has 3 N–H and O–H groups in total. The molecule has 0 aliphatic rings. The Labute approximate surface area is 97.7 Å². The summed E-state index contributed by atoms with van der Waals surface area (Å²) < 4.78 is 4.77. The highest BCUT2D eigenvalue weighted by molar-refractivity contribution is 7.12. The minimum Gasteiger partial charge on any atom is -0.477 e. The fourth-order valence-corrected chi connectivity index (χ4v) is 2.05. The van der Waals surface area contributed by atoms with Crippen LogP contribution in [0.2, 0.25) is 0 Å². The van der Waals surface area contributed by atoms with Crippen molar-refractivity contribution in [1.82, 2.24) is 5.32 Å². The van der Waals surface area contributed by atoms with Crippen LogP contribution in [0.25, 0.3) is 0 Å². The lowest BCUT2D eigenvalue weighted by Gasteiger charge is -2.10. The highest BCUT2D eigenvalue weighted by Crippen LogP contribution is 2.16. The SMILES string of the molecule is COCC(O)CNCc1ccsc1C(=O)O. The second kappa shape index (κ2) is 6.59. The number of carbonyl (C=O) groups is 1. The van der Waals surface area contributed by atoms with Crippen molar-refractivity contribution in [3.05, 3.63) is 21.9 Å². The molecule has 0 saturated carbocycles. The lowest BCUT2D eigenvalue weighted by Crippen LogP contribution is -2.29. The number of thiophene rings is 1. The lowest BCUT2D eigenvalue weighted by molar-refractivity contribution is 0.0643. The first-order valence-electron chi connectivity index (χ1n) is 4.82. The molecule has 1 aromatic rings. The molecule has 90 valence electrons. The van der Waals surface area contributed by atoms with Crippen LogP contribution in [0.15, 0.2) is 11.4 Å². The number of nitrogens with one attached hydrogen (secondary N) is 1. The minimum absolute atomic E-state index is 0.266. The zero-order valence-corrected chi connectivity index (χ0v) is 9.79. The number of hydrogen-bond donors (Lipinski definition) is 3. The van der Waals surface area contributed by atoms with E-state index < -0.39 is 12.1 Å². The molecule has 0 radical (unpaired) electrons. The van der Waals surface area contributed by atoms with Gasteiger partial charge in [-0.25, -0.2) is 4.79 Å². The lowest BCUT2D eigenvalue weighted by atomic mass is 10.2. The zero-order chi connectivity index (χ0) is 12.0. The number of methoxy groups -OCH3 is 1. The summed E-state index contributed by atoms with van der Waals surface area (Å²) in [7, 11) is 1.52. The molecule has 6 heteroatoms. The van der Waals surface area contributed by atoms with Crippen molar-refractivity contribution in [3.8, 4) is 0 Å². The molecule has 0 aromatic carbocycles. The maximum absolute atomic E-state index is 10.8. The minimum atomic E-state index is -0.913. The zero-order valence-electron chi connectivity index (χ0n) is 8.97. The Hall–Kier alpha value is -0.950. The number of aliphatic hydroxyl groups is 1. The van der Waals surface area contributed by atoms with Crippen molar-refractivity contribution in [3.63, 3.8) is 0 Å². The van der Waals surface area contributed by atoms with E-state index in [1.54, 1.807) is 11.4 Å². The molecule has 0 bridgehead atoms. The second-order valence-corrected chi connectivity index (χ2v) is 4.24. The molecule has 1 rings (SSSR count). The molecule has 0 amide bonds. The van der Waals surface area contributed by atoms with Crippen LogP contribution in [-0.2, 0) is 11.3 Å². The first-order chi connectivity index (χ1) is 7.65. The highest BCUT2D eigenvalue weighted by Gasteiger charge is 2.11. The van der Waals surface area contributed by atoms with Gasteiger partial charge < -0.3 is 20.3 Å². The summed E-state index contributed by atoms with van der Waals surface area (Å²) in [6.45, 7) is 1.08. The molecule has 0 fully saturated rings. The van der Waals surface area contributed by atoms with Gasteiger partial charge >= 0.3 is 5.97 Å². The normalized spacial score (nSPS) is 12.6. The molecule has 5 nitrogen and oxygen atoms in total. The van der Waals surface area contributed by atoms with Crippen molar-refractivity contribution in [2.24, 2.45) is 0 Å². The van der Waals surface area contributed by atoms with Crippen LogP contribution < -0.4 is 5.32 Å². The van der Waals surface area contributed by atoms with Crippen LogP contribution in [0.4, 0.5) is 0 Å². The number of rotatable bonds is 7. The van der Waals surface area contributed by atoms with Gasteiger partial charge in [-0.3, -0.25) is 0 Å². The number of hydrogen-bond acceptors (Lipinski definition) is 5. The predicted molar refractivity (Wildman–Crippen MR) is 60.9 cm³/mol. The summed E-state index contributed by atoms with van der Waals surface area (Å²) in [5.41, 5.74) is 0.738. The monoisotopic (exact) mass is 245 g/mol. The predicted octanol–water partition coefficient (Wildman–Crippen LogP) is 0.543. The molecule has 16 heavy (non-hydrogen) atoms. The van der Waals surface area contributed by atoms with Gasteiger partial charge in [-0.2, -0.15) is 0 Å². The smallest absolute Gasteiger partial charge is 0.346 e. The van der Waals surface area contributed by atoms with Gasteiger partial charge in [-0.15, -0.1) is 11.3 Å². The van der Waals surface area contributed by atoms with Gasteiger partial charge in [-0.1, -0.05) is 0 Å². The molecule has 1 heterocycles. The van der Waals surface area contributed by atoms with Crippen molar-refractivity contribution in [1.29, 1.82) is 0 Å². The van der Waals surface area contributed by atoms with Gasteiger partial charge in [-0.05, 0) is 17.0 Å². The molecular formula is C10H15NO4S. The molecular weight excluding hydrogens is 230 g/mol. The molecule has 0 aliphatic heterocycles. The van der Waals surface area contributed by atoms with Crippen LogP contribution in [0.1, 0.15) is 15.2 Å². The number of carboxylic acid groups (broad SMARTS) is 1. The summed E-state index contributed by atoms with van der Waals surface area (Å²) >= 11 is 1.20. The fourth-order valence-electron chi connectivity index (χ4n) is 1.29. The van der Waals surface area contributed by atoms with Crippen LogP contribution >= 0.6 is 11.3 Å². The number of carboxylic acids is 1. The number of aromatic carboxylic acids is 1. The molecule has 0 aliphatic carbocycles. The van der Waals surface area contributed by atoms with Gasteiger partial charge in [0, 0.05) is 20.2 Å². The third-order valence-corrected chi connectivity index (χ3v) is 2.94. The van der Waals surface area contributed by atoms with E-state index in [4.69, 9.17) is 9.84 Å². The Balaban J connectivity index is 2.37. The Kier molecular flexibility index (Phi) is 5.41. The third kappa shape index (κ3) is 3.90. The van der Waals surface area contributed by atoms with Gasteiger partial charge in [0.25, 0.3) is 0 Å². The maximum atomic E-state index is 10.8. The van der Waals surface area contributed by atoms with Crippen molar-refractivity contribution in [2.75, 3.05) is 20.3 Å². The van der Waals surface area contributed by atoms with E-state index in [0.29, 0.717) is 18.0 Å². The second-order valence-electron chi connectivity index (χ2n) is 3.32. The molecule has 1 aromatic heterocycles. The van der Waals surface area contributed by atoms with E-state index >= 15 is 0 Å².